The summed E-state index contributed by atoms with van der Waals surface area (Å²) >= 11 is 0. The van der Waals surface area contributed by atoms with Gasteiger partial charge in [0.05, 0.1) is 19.8 Å². The number of anilines is 1. The van der Waals surface area contributed by atoms with Gasteiger partial charge in [-0.1, -0.05) is 0 Å². The Kier molecular flexibility index (Phi) is 7.70. The summed E-state index contributed by atoms with van der Waals surface area (Å²) in [6, 6.07) is 7.02. The summed E-state index contributed by atoms with van der Waals surface area (Å²) in [5, 5.41) is 2.65. The molecule has 0 aliphatic rings. The van der Waals surface area contributed by atoms with Crippen molar-refractivity contribution < 1.29 is 45.4 Å². The van der Waals surface area contributed by atoms with Crippen molar-refractivity contribution in [1.29, 1.82) is 0 Å². The van der Waals surface area contributed by atoms with Crippen molar-refractivity contribution in [1.82, 2.24) is 4.98 Å². The molecule has 0 aliphatic heterocycles. The number of halogens is 5. The number of ether oxygens (including phenoxy) is 3. The number of carbonyl (C=O) groups is 1. The minimum Gasteiger partial charge on any atom is -0.490 e. The molecule has 12 heteroatoms. The zero-order valence-corrected chi connectivity index (χ0v) is 20.4. The molecule has 0 aliphatic carbocycles. The molecule has 1 heterocycles. The monoisotopic (exact) mass is 536 g/mol. The van der Waals surface area contributed by atoms with Gasteiger partial charge in [0, 0.05) is 11.3 Å². The predicted molar refractivity (Wildman–Crippen MR) is 127 cm³/mol. The zero-order valence-electron chi connectivity index (χ0n) is 20.4. The second-order valence-electron chi connectivity index (χ2n) is 7.70. The van der Waals surface area contributed by atoms with E-state index in [-0.39, 0.29) is 22.4 Å². The van der Waals surface area contributed by atoms with Crippen molar-refractivity contribution in [2.24, 2.45) is 0 Å². The Morgan fingerprint density at radius 1 is 0.816 bits per heavy atom. The normalized spacial score (nSPS) is 11.1. The third-order valence-corrected chi connectivity index (χ3v) is 5.24. The van der Waals surface area contributed by atoms with Crippen LogP contribution in [0.25, 0.3) is 22.6 Å². The molecule has 0 unspecified atom stereocenters. The number of nitrogens with one attached hydrogen (secondary N) is 1. The number of fused-ring (bicyclic) bond motifs is 1. The maximum Gasteiger partial charge on any atom is 0.255 e. The van der Waals surface area contributed by atoms with E-state index in [4.69, 9.17) is 18.6 Å². The van der Waals surface area contributed by atoms with Crippen molar-refractivity contribution in [3.05, 3.63) is 65.0 Å². The van der Waals surface area contributed by atoms with E-state index in [0.29, 0.717) is 37.1 Å². The van der Waals surface area contributed by atoms with E-state index >= 15 is 0 Å². The molecule has 0 radical (unpaired) electrons. The van der Waals surface area contributed by atoms with Crippen molar-refractivity contribution >= 4 is 22.7 Å². The Morgan fingerprint density at radius 3 is 1.92 bits per heavy atom. The van der Waals surface area contributed by atoms with Crippen molar-refractivity contribution in [2.45, 2.75) is 20.8 Å². The van der Waals surface area contributed by atoms with Gasteiger partial charge >= 0.3 is 0 Å². The first-order chi connectivity index (χ1) is 18.2. The first-order valence-corrected chi connectivity index (χ1v) is 11.5. The fraction of sp³-hybridized carbons (Fsp3) is 0.231. The number of amides is 1. The van der Waals surface area contributed by atoms with E-state index < -0.39 is 46.4 Å². The van der Waals surface area contributed by atoms with Gasteiger partial charge in [0.2, 0.25) is 17.5 Å². The summed E-state index contributed by atoms with van der Waals surface area (Å²) in [6.45, 7) is 6.31. The van der Waals surface area contributed by atoms with E-state index in [2.05, 4.69) is 10.3 Å². The summed E-state index contributed by atoms with van der Waals surface area (Å²) in [4.78, 5) is 16.9. The third-order valence-electron chi connectivity index (χ3n) is 5.24. The molecule has 3 aromatic carbocycles. The molecule has 0 atom stereocenters. The van der Waals surface area contributed by atoms with Gasteiger partial charge in [-0.25, -0.2) is 26.9 Å². The largest absolute Gasteiger partial charge is 0.490 e. The molecule has 0 bridgehead atoms. The fourth-order valence-electron chi connectivity index (χ4n) is 3.63. The van der Waals surface area contributed by atoms with Crippen LogP contribution in [-0.2, 0) is 0 Å². The topological polar surface area (TPSA) is 82.8 Å². The van der Waals surface area contributed by atoms with Gasteiger partial charge in [0.1, 0.15) is 11.1 Å². The Bertz CT molecular complexity index is 1470. The lowest BCUT2D eigenvalue weighted by molar-refractivity contribution is 0.102. The van der Waals surface area contributed by atoms with Gasteiger partial charge in [-0.2, -0.15) is 0 Å². The summed E-state index contributed by atoms with van der Waals surface area (Å²) in [6.07, 6.45) is 0. The minimum atomic E-state index is -2.29. The number of oxazole rings is 1. The highest BCUT2D eigenvalue weighted by Gasteiger charge is 2.29. The van der Waals surface area contributed by atoms with Crippen LogP contribution in [-0.4, -0.2) is 30.7 Å². The molecular formula is C26H21F5N2O5. The Hall–Kier alpha value is -4.35. The third kappa shape index (κ3) is 4.93. The highest BCUT2D eigenvalue weighted by molar-refractivity contribution is 6.05. The van der Waals surface area contributed by atoms with Crippen LogP contribution in [0.5, 0.6) is 17.2 Å². The molecule has 0 spiro atoms. The predicted octanol–water partition coefficient (Wildman–Crippen LogP) is 6.64. The molecular weight excluding hydrogens is 515 g/mol. The summed E-state index contributed by atoms with van der Waals surface area (Å²) in [5.74, 6) is -11.1. The Labute approximate surface area is 213 Å². The number of rotatable bonds is 9. The second kappa shape index (κ2) is 11.0. The summed E-state index contributed by atoms with van der Waals surface area (Å²) in [5.41, 5.74) is -0.921. The number of hydrogen-bond donors (Lipinski definition) is 1. The van der Waals surface area contributed by atoms with Crippen molar-refractivity contribution in [2.75, 3.05) is 25.1 Å². The molecule has 1 amide bonds. The van der Waals surface area contributed by atoms with Crippen molar-refractivity contribution in [3.8, 4) is 28.7 Å². The molecule has 4 rings (SSSR count). The summed E-state index contributed by atoms with van der Waals surface area (Å²) in [7, 11) is 0. The van der Waals surface area contributed by atoms with Crippen LogP contribution >= 0.6 is 0 Å². The number of nitrogens with zero attached hydrogens (tertiary/aromatic N) is 1. The first-order valence-electron chi connectivity index (χ1n) is 11.5. The molecule has 7 nitrogen and oxygen atoms in total. The van der Waals surface area contributed by atoms with Gasteiger partial charge < -0.3 is 23.9 Å². The van der Waals surface area contributed by atoms with Crippen LogP contribution in [0.15, 0.2) is 34.7 Å². The molecule has 1 aromatic heterocycles. The van der Waals surface area contributed by atoms with Gasteiger partial charge in [-0.15, -0.1) is 0 Å². The van der Waals surface area contributed by atoms with E-state index in [0.717, 1.165) is 0 Å². The lowest BCUT2D eigenvalue weighted by atomic mass is 10.1. The lowest BCUT2D eigenvalue weighted by Gasteiger charge is -2.17. The average molecular weight is 536 g/mol. The van der Waals surface area contributed by atoms with Gasteiger partial charge in [0.25, 0.3) is 5.91 Å². The second-order valence-corrected chi connectivity index (χ2v) is 7.70. The molecule has 38 heavy (non-hydrogen) atoms. The maximum atomic E-state index is 14.2. The molecule has 4 aromatic rings. The molecule has 0 fully saturated rings. The Balaban J connectivity index is 1.67. The van der Waals surface area contributed by atoms with E-state index in [1.54, 1.807) is 20.8 Å². The quantitative estimate of drug-likeness (QED) is 0.147. The molecule has 0 saturated carbocycles. The maximum absolute atomic E-state index is 14.2. The Morgan fingerprint density at radius 2 is 1.37 bits per heavy atom. The lowest BCUT2D eigenvalue weighted by Crippen LogP contribution is -2.13. The smallest absolute Gasteiger partial charge is 0.255 e. The number of benzene rings is 3. The molecule has 200 valence electrons. The number of carbonyl (C=O) groups excluding carboxylic acids is 1. The number of hydrogen-bond acceptors (Lipinski definition) is 6. The fourth-order valence-corrected chi connectivity index (χ4v) is 3.63. The van der Waals surface area contributed by atoms with Crippen LogP contribution in [0, 0.1) is 29.1 Å². The van der Waals surface area contributed by atoms with Crippen LogP contribution in [0.3, 0.4) is 0 Å². The molecule has 0 saturated heterocycles. The van der Waals surface area contributed by atoms with Gasteiger partial charge in [-0.3, -0.25) is 4.79 Å². The van der Waals surface area contributed by atoms with Gasteiger partial charge in [0.15, 0.2) is 40.4 Å². The van der Waals surface area contributed by atoms with Crippen LogP contribution in [0.2, 0.25) is 0 Å². The van der Waals surface area contributed by atoms with E-state index in [9.17, 15) is 26.7 Å². The van der Waals surface area contributed by atoms with E-state index in [1.807, 2.05) is 0 Å². The molecule has 1 N–H and O–H groups in total. The van der Waals surface area contributed by atoms with Crippen LogP contribution in [0.4, 0.5) is 27.6 Å². The zero-order chi connectivity index (χ0) is 27.6. The first kappa shape index (κ1) is 26.7. The van der Waals surface area contributed by atoms with Gasteiger partial charge in [-0.05, 0) is 51.1 Å². The SMILES string of the molecule is CCOc1cc(C(=O)Nc2ccc3oc(-c4c(F)c(F)c(F)c(F)c4F)nc3c2)cc(OCC)c1OCC. The van der Waals surface area contributed by atoms with Crippen LogP contribution in [0.1, 0.15) is 31.1 Å². The highest BCUT2D eigenvalue weighted by atomic mass is 19.2. The van der Waals surface area contributed by atoms with Crippen molar-refractivity contribution in [3.63, 3.8) is 0 Å². The average Bonchev–Trinajstić information content (AvgIpc) is 3.31. The number of aromatic nitrogens is 1. The highest BCUT2D eigenvalue weighted by Crippen LogP contribution is 2.39. The minimum absolute atomic E-state index is 0.00144. The summed E-state index contributed by atoms with van der Waals surface area (Å²) < 4.78 is 91.1. The van der Waals surface area contributed by atoms with Crippen LogP contribution < -0.4 is 19.5 Å². The van der Waals surface area contributed by atoms with E-state index in [1.165, 1.54) is 30.3 Å². The standard InChI is InChI=1S/C26H21F5N2O5/c1-4-35-16-9-12(10-17(36-5-2)24(16)37-6-3)25(34)32-13-7-8-15-14(11-13)33-26(38-15)18-19(27)21(29)23(31)22(30)20(18)28/h7-11H,4-6H2,1-3H3,(H,32,34).